The first-order valence-corrected chi connectivity index (χ1v) is 8.46. The molecule has 1 aromatic carbocycles. The van der Waals surface area contributed by atoms with Crippen LogP contribution in [0.5, 0.6) is 0 Å². The van der Waals surface area contributed by atoms with E-state index in [2.05, 4.69) is 66.0 Å². The van der Waals surface area contributed by atoms with Crippen molar-refractivity contribution in [3.63, 3.8) is 0 Å². The number of hydrogen-bond acceptors (Lipinski definition) is 2. The summed E-state index contributed by atoms with van der Waals surface area (Å²) < 4.78 is 1.20. The molecule has 20 heavy (non-hydrogen) atoms. The van der Waals surface area contributed by atoms with Gasteiger partial charge in [-0.2, -0.15) is 0 Å². The Morgan fingerprint density at radius 2 is 1.90 bits per heavy atom. The molecule has 0 aliphatic heterocycles. The summed E-state index contributed by atoms with van der Waals surface area (Å²) >= 11 is 3.62. The highest BCUT2D eigenvalue weighted by atomic mass is 79.9. The van der Waals surface area contributed by atoms with Crippen molar-refractivity contribution >= 4 is 15.9 Å². The molecule has 2 N–H and O–H groups in total. The van der Waals surface area contributed by atoms with Gasteiger partial charge < -0.3 is 10.6 Å². The first-order valence-electron chi connectivity index (χ1n) is 7.66. The Morgan fingerprint density at radius 1 is 1.20 bits per heavy atom. The minimum absolute atomic E-state index is 0.743. The summed E-state index contributed by atoms with van der Waals surface area (Å²) in [7, 11) is 2.20. The molecular weight excluding hydrogens is 312 g/mol. The lowest BCUT2D eigenvalue weighted by Gasteiger charge is -2.22. The molecule has 0 bridgehead atoms. The van der Waals surface area contributed by atoms with Gasteiger partial charge in [-0.3, -0.25) is 0 Å². The maximum atomic E-state index is 5.70. The molecule has 1 rings (SSSR count). The molecule has 1 unspecified atom stereocenters. The van der Waals surface area contributed by atoms with Crippen molar-refractivity contribution in [1.82, 2.24) is 4.90 Å². The Balaban J connectivity index is 2.33. The van der Waals surface area contributed by atoms with Gasteiger partial charge in [0.15, 0.2) is 0 Å². The minimum atomic E-state index is 0.743. The van der Waals surface area contributed by atoms with Crippen LogP contribution < -0.4 is 5.73 Å². The first kappa shape index (κ1) is 17.7. The number of nitrogens with two attached hydrogens (primary N) is 1. The van der Waals surface area contributed by atoms with Crippen LogP contribution in [0.3, 0.4) is 0 Å². The summed E-state index contributed by atoms with van der Waals surface area (Å²) in [5, 5.41) is 0. The Kier molecular flexibility index (Phi) is 8.43. The fourth-order valence-corrected chi connectivity index (χ4v) is 3.06. The summed E-state index contributed by atoms with van der Waals surface area (Å²) in [5.41, 5.74) is 7.06. The average Bonchev–Trinajstić information content (AvgIpc) is 2.40. The van der Waals surface area contributed by atoms with Crippen molar-refractivity contribution in [2.24, 2.45) is 17.6 Å². The molecule has 0 spiro atoms. The molecule has 0 saturated heterocycles. The van der Waals surface area contributed by atoms with E-state index >= 15 is 0 Å². The predicted octanol–water partition coefficient (Wildman–Crippen LogP) is 4.28. The molecule has 0 heterocycles. The third-order valence-corrected chi connectivity index (χ3v) is 4.77. The van der Waals surface area contributed by atoms with Crippen molar-refractivity contribution in [3.05, 3.63) is 34.3 Å². The summed E-state index contributed by atoms with van der Waals surface area (Å²) in [6, 6.07) is 8.46. The number of nitrogens with zero attached hydrogens (tertiary/aromatic N) is 1. The van der Waals surface area contributed by atoms with Crippen LogP contribution in [0.2, 0.25) is 0 Å². The van der Waals surface area contributed by atoms with E-state index < -0.39 is 0 Å². The van der Waals surface area contributed by atoms with Gasteiger partial charge in [-0.15, -0.1) is 0 Å². The summed E-state index contributed by atoms with van der Waals surface area (Å²) in [5.74, 6) is 1.52. The van der Waals surface area contributed by atoms with Crippen molar-refractivity contribution in [2.45, 2.75) is 39.7 Å². The quantitative estimate of drug-likeness (QED) is 0.726. The van der Waals surface area contributed by atoms with Crippen LogP contribution in [0.1, 0.15) is 38.7 Å². The van der Waals surface area contributed by atoms with Crippen LogP contribution in [0.4, 0.5) is 0 Å². The van der Waals surface area contributed by atoms with Gasteiger partial charge in [0.05, 0.1) is 0 Å². The Bertz CT molecular complexity index is 379. The number of hydrogen-bond donors (Lipinski definition) is 1. The second-order valence-electron chi connectivity index (χ2n) is 6.05. The van der Waals surface area contributed by atoms with Gasteiger partial charge in [0.2, 0.25) is 0 Å². The van der Waals surface area contributed by atoms with Gasteiger partial charge in [0.1, 0.15) is 0 Å². The topological polar surface area (TPSA) is 29.3 Å². The number of benzene rings is 1. The lowest BCUT2D eigenvalue weighted by molar-refractivity contribution is 0.278. The molecule has 0 fully saturated rings. The second-order valence-corrected chi connectivity index (χ2v) is 6.91. The van der Waals surface area contributed by atoms with Gasteiger partial charge in [-0.05, 0) is 62.9 Å². The fourth-order valence-electron chi connectivity index (χ4n) is 2.64. The standard InChI is InChI=1S/C17H29BrN2/c1-14(2)15(10-11-19)8-6-12-20(3)13-16-7-4-5-9-17(16)18/h4-5,7,9,14-15H,6,8,10-13,19H2,1-3H3. The van der Waals surface area contributed by atoms with Crippen LogP contribution in [-0.4, -0.2) is 25.0 Å². The SMILES string of the molecule is CC(C)C(CCN)CCCN(C)Cc1ccccc1Br. The van der Waals surface area contributed by atoms with Crippen molar-refractivity contribution in [1.29, 1.82) is 0 Å². The van der Waals surface area contributed by atoms with E-state index in [1.807, 2.05) is 0 Å². The maximum Gasteiger partial charge on any atom is 0.0241 e. The summed E-state index contributed by atoms with van der Waals surface area (Å²) in [4.78, 5) is 2.40. The minimum Gasteiger partial charge on any atom is -0.330 e. The van der Waals surface area contributed by atoms with Crippen LogP contribution in [0.25, 0.3) is 0 Å². The average molecular weight is 341 g/mol. The molecule has 2 nitrogen and oxygen atoms in total. The number of halogens is 1. The molecule has 0 radical (unpaired) electrons. The van der Waals surface area contributed by atoms with Crippen molar-refractivity contribution in [3.8, 4) is 0 Å². The fraction of sp³-hybridized carbons (Fsp3) is 0.647. The predicted molar refractivity (Wildman–Crippen MR) is 91.7 cm³/mol. The zero-order valence-corrected chi connectivity index (χ0v) is 14.7. The van der Waals surface area contributed by atoms with E-state index in [1.54, 1.807) is 0 Å². The molecule has 0 aliphatic carbocycles. The van der Waals surface area contributed by atoms with Crippen molar-refractivity contribution in [2.75, 3.05) is 20.1 Å². The largest absolute Gasteiger partial charge is 0.330 e. The normalized spacial score (nSPS) is 13.2. The first-order chi connectivity index (χ1) is 9.54. The molecule has 1 atom stereocenters. The smallest absolute Gasteiger partial charge is 0.0241 e. The van der Waals surface area contributed by atoms with Crippen LogP contribution in [-0.2, 0) is 6.54 Å². The van der Waals surface area contributed by atoms with Crippen LogP contribution >= 0.6 is 15.9 Å². The van der Waals surface area contributed by atoms with Gasteiger partial charge in [0.25, 0.3) is 0 Å². The lowest BCUT2D eigenvalue weighted by atomic mass is 9.88. The van der Waals surface area contributed by atoms with Gasteiger partial charge >= 0.3 is 0 Å². The summed E-state index contributed by atoms with van der Waals surface area (Å²) in [6.45, 7) is 7.59. The van der Waals surface area contributed by atoms with Gasteiger partial charge in [-0.1, -0.05) is 48.0 Å². The van der Waals surface area contributed by atoms with E-state index in [0.29, 0.717) is 0 Å². The zero-order chi connectivity index (χ0) is 15.0. The van der Waals surface area contributed by atoms with Crippen LogP contribution in [0.15, 0.2) is 28.7 Å². The van der Waals surface area contributed by atoms with E-state index in [1.165, 1.54) is 22.9 Å². The highest BCUT2D eigenvalue weighted by molar-refractivity contribution is 9.10. The van der Waals surface area contributed by atoms with Crippen LogP contribution in [0, 0.1) is 11.8 Å². The molecule has 3 heteroatoms. The Hall–Kier alpha value is -0.380. The molecule has 0 amide bonds. The summed E-state index contributed by atoms with van der Waals surface area (Å²) in [6.07, 6.45) is 3.70. The molecule has 0 aromatic heterocycles. The molecule has 114 valence electrons. The molecular formula is C17H29BrN2. The Labute approximate surface area is 132 Å². The Morgan fingerprint density at radius 3 is 2.50 bits per heavy atom. The highest BCUT2D eigenvalue weighted by Crippen LogP contribution is 2.21. The van der Waals surface area contributed by atoms with E-state index in [-0.39, 0.29) is 0 Å². The lowest BCUT2D eigenvalue weighted by Crippen LogP contribution is -2.21. The third kappa shape index (κ3) is 6.38. The maximum absolute atomic E-state index is 5.70. The van der Waals surface area contributed by atoms with E-state index in [9.17, 15) is 0 Å². The van der Waals surface area contributed by atoms with Gasteiger partial charge in [0, 0.05) is 11.0 Å². The molecule has 0 aliphatic rings. The van der Waals surface area contributed by atoms with Crippen molar-refractivity contribution < 1.29 is 0 Å². The van der Waals surface area contributed by atoms with E-state index in [0.717, 1.165) is 37.9 Å². The molecule has 1 aromatic rings. The van der Waals surface area contributed by atoms with Gasteiger partial charge in [-0.25, -0.2) is 0 Å². The number of rotatable bonds is 9. The molecule has 0 saturated carbocycles. The van der Waals surface area contributed by atoms with E-state index in [4.69, 9.17) is 5.73 Å². The third-order valence-electron chi connectivity index (χ3n) is 3.99. The second kappa shape index (κ2) is 9.54. The monoisotopic (exact) mass is 340 g/mol. The highest BCUT2D eigenvalue weighted by Gasteiger charge is 2.12. The zero-order valence-electron chi connectivity index (χ0n) is 13.1.